The minimum Gasteiger partial charge on any atom is -0.383 e. The molecule has 1 aliphatic rings. The lowest BCUT2D eigenvalue weighted by Crippen LogP contribution is -2.28. The summed E-state index contributed by atoms with van der Waals surface area (Å²) in [6.45, 7) is 3.35. The summed E-state index contributed by atoms with van der Waals surface area (Å²) in [6.07, 6.45) is 3.62. The first-order chi connectivity index (χ1) is 9.79. The number of rotatable bonds is 6. The van der Waals surface area contributed by atoms with E-state index in [1.807, 2.05) is 12.1 Å². The van der Waals surface area contributed by atoms with E-state index in [0.717, 1.165) is 31.0 Å². The van der Waals surface area contributed by atoms with Gasteiger partial charge in [0.15, 0.2) is 0 Å². The van der Waals surface area contributed by atoms with E-state index in [2.05, 4.69) is 22.8 Å². The van der Waals surface area contributed by atoms with Gasteiger partial charge in [-0.25, -0.2) is 0 Å². The third-order valence-corrected chi connectivity index (χ3v) is 3.79. The Morgan fingerprint density at radius 2 is 2.00 bits per heavy atom. The number of benzene rings is 1. The SMILES string of the molecule is COCCNC(=O)c1ccc(CC2CCNCC2)cc1. The molecule has 2 rings (SSSR count). The number of carbonyl (C=O) groups excluding carboxylic acids is 1. The van der Waals surface area contributed by atoms with Crippen molar-refractivity contribution in [1.82, 2.24) is 10.6 Å². The van der Waals surface area contributed by atoms with Crippen molar-refractivity contribution in [3.05, 3.63) is 35.4 Å². The minimum absolute atomic E-state index is 0.0320. The fourth-order valence-corrected chi connectivity index (χ4v) is 2.58. The van der Waals surface area contributed by atoms with E-state index in [4.69, 9.17) is 4.74 Å². The first-order valence-corrected chi connectivity index (χ1v) is 7.36. The zero-order valence-electron chi connectivity index (χ0n) is 12.2. The molecule has 0 atom stereocenters. The molecule has 1 aromatic rings. The fourth-order valence-electron chi connectivity index (χ4n) is 2.58. The first-order valence-electron chi connectivity index (χ1n) is 7.36. The summed E-state index contributed by atoms with van der Waals surface area (Å²) in [7, 11) is 1.63. The van der Waals surface area contributed by atoms with Crippen molar-refractivity contribution in [1.29, 1.82) is 0 Å². The van der Waals surface area contributed by atoms with Crippen LogP contribution in [0.15, 0.2) is 24.3 Å². The van der Waals surface area contributed by atoms with Crippen LogP contribution in [0.4, 0.5) is 0 Å². The van der Waals surface area contributed by atoms with Crippen LogP contribution in [0.25, 0.3) is 0 Å². The van der Waals surface area contributed by atoms with Crippen LogP contribution in [0.1, 0.15) is 28.8 Å². The second-order valence-electron chi connectivity index (χ2n) is 5.34. The molecule has 0 unspecified atom stereocenters. The molecule has 1 amide bonds. The molecule has 4 heteroatoms. The van der Waals surface area contributed by atoms with Crippen molar-refractivity contribution >= 4 is 5.91 Å². The number of hydrogen-bond donors (Lipinski definition) is 2. The summed E-state index contributed by atoms with van der Waals surface area (Å²) in [6, 6.07) is 7.98. The van der Waals surface area contributed by atoms with Gasteiger partial charge in [0.2, 0.25) is 0 Å². The van der Waals surface area contributed by atoms with E-state index in [9.17, 15) is 4.79 Å². The number of amides is 1. The Balaban J connectivity index is 1.83. The Labute approximate surface area is 120 Å². The third kappa shape index (κ3) is 4.62. The number of piperidine rings is 1. The molecule has 0 radical (unpaired) electrons. The van der Waals surface area contributed by atoms with Crippen molar-refractivity contribution in [3.8, 4) is 0 Å². The molecule has 20 heavy (non-hydrogen) atoms. The van der Waals surface area contributed by atoms with E-state index < -0.39 is 0 Å². The molecule has 0 bridgehead atoms. The maximum absolute atomic E-state index is 11.8. The van der Waals surface area contributed by atoms with Crippen LogP contribution in [0.2, 0.25) is 0 Å². The molecule has 1 saturated heterocycles. The highest BCUT2D eigenvalue weighted by Crippen LogP contribution is 2.18. The van der Waals surface area contributed by atoms with Gasteiger partial charge in [-0.15, -0.1) is 0 Å². The summed E-state index contributed by atoms with van der Waals surface area (Å²) in [5.41, 5.74) is 2.04. The second kappa shape index (κ2) is 8.02. The molecule has 0 spiro atoms. The van der Waals surface area contributed by atoms with Crippen LogP contribution in [0.3, 0.4) is 0 Å². The predicted molar refractivity (Wildman–Crippen MR) is 79.9 cm³/mol. The van der Waals surface area contributed by atoms with Crippen LogP contribution >= 0.6 is 0 Å². The summed E-state index contributed by atoms with van der Waals surface area (Å²) < 4.78 is 4.91. The van der Waals surface area contributed by atoms with Crippen molar-refractivity contribution in [2.24, 2.45) is 5.92 Å². The fraction of sp³-hybridized carbons (Fsp3) is 0.562. The topological polar surface area (TPSA) is 50.4 Å². The molecule has 0 aromatic heterocycles. The van der Waals surface area contributed by atoms with E-state index in [0.29, 0.717) is 13.2 Å². The number of methoxy groups -OCH3 is 1. The molecule has 0 aliphatic carbocycles. The molecule has 1 aliphatic heterocycles. The summed E-state index contributed by atoms with van der Waals surface area (Å²) >= 11 is 0. The maximum Gasteiger partial charge on any atom is 0.251 e. The second-order valence-corrected chi connectivity index (χ2v) is 5.34. The largest absolute Gasteiger partial charge is 0.383 e. The zero-order valence-corrected chi connectivity index (χ0v) is 12.2. The van der Waals surface area contributed by atoms with Crippen molar-refractivity contribution in [2.45, 2.75) is 19.3 Å². The quantitative estimate of drug-likeness (QED) is 0.776. The Hall–Kier alpha value is -1.39. The molecule has 2 N–H and O–H groups in total. The average molecular weight is 276 g/mol. The van der Waals surface area contributed by atoms with Gasteiger partial charge in [-0.05, 0) is 56.0 Å². The van der Waals surface area contributed by atoms with Crippen LogP contribution < -0.4 is 10.6 Å². The number of carbonyl (C=O) groups is 1. The predicted octanol–water partition coefficient (Wildman–Crippen LogP) is 1.60. The highest BCUT2D eigenvalue weighted by atomic mass is 16.5. The maximum atomic E-state index is 11.8. The molecule has 1 heterocycles. The van der Waals surface area contributed by atoms with Crippen LogP contribution in [-0.2, 0) is 11.2 Å². The van der Waals surface area contributed by atoms with Gasteiger partial charge >= 0.3 is 0 Å². The third-order valence-electron chi connectivity index (χ3n) is 3.79. The molecular formula is C16H24N2O2. The van der Waals surface area contributed by atoms with Gasteiger partial charge in [0, 0.05) is 19.2 Å². The van der Waals surface area contributed by atoms with Gasteiger partial charge < -0.3 is 15.4 Å². The molecule has 1 fully saturated rings. The summed E-state index contributed by atoms with van der Waals surface area (Å²) in [5, 5.41) is 6.21. The molecule has 1 aromatic carbocycles. The smallest absolute Gasteiger partial charge is 0.251 e. The van der Waals surface area contributed by atoms with Crippen LogP contribution in [0.5, 0.6) is 0 Å². The standard InChI is InChI=1S/C16H24N2O2/c1-20-11-10-18-16(19)15-4-2-13(3-5-15)12-14-6-8-17-9-7-14/h2-5,14,17H,6-12H2,1H3,(H,18,19). The number of nitrogens with one attached hydrogen (secondary N) is 2. The Morgan fingerprint density at radius 3 is 2.65 bits per heavy atom. The zero-order chi connectivity index (χ0) is 14.2. The number of ether oxygens (including phenoxy) is 1. The first kappa shape index (κ1) is 15.0. The monoisotopic (exact) mass is 276 g/mol. The van der Waals surface area contributed by atoms with Crippen LogP contribution in [0, 0.1) is 5.92 Å². The lowest BCUT2D eigenvalue weighted by molar-refractivity contribution is 0.0937. The van der Waals surface area contributed by atoms with Gasteiger partial charge in [0.1, 0.15) is 0 Å². The average Bonchev–Trinajstić information content (AvgIpc) is 2.49. The minimum atomic E-state index is -0.0320. The van der Waals surface area contributed by atoms with Gasteiger partial charge in [-0.3, -0.25) is 4.79 Å². The molecule has 4 nitrogen and oxygen atoms in total. The lowest BCUT2D eigenvalue weighted by atomic mass is 9.91. The van der Waals surface area contributed by atoms with Gasteiger partial charge in [0.05, 0.1) is 6.61 Å². The van der Waals surface area contributed by atoms with Gasteiger partial charge in [0.25, 0.3) is 5.91 Å². The highest BCUT2D eigenvalue weighted by Gasteiger charge is 2.13. The van der Waals surface area contributed by atoms with Gasteiger partial charge in [-0.2, -0.15) is 0 Å². The normalized spacial score (nSPS) is 16.1. The highest BCUT2D eigenvalue weighted by molar-refractivity contribution is 5.94. The van der Waals surface area contributed by atoms with Gasteiger partial charge in [-0.1, -0.05) is 12.1 Å². The number of hydrogen-bond acceptors (Lipinski definition) is 3. The molecule has 0 saturated carbocycles. The summed E-state index contributed by atoms with van der Waals surface area (Å²) in [5.74, 6) is 0.744. The van der Waals surface area contributed by atoms with E-state index in [1.165, 1.54) is 18.4 Å². The van der Waals surface area contributed by atoms with Crippen molar-refractivity contribution in [2.75, 3.05) is 33.4 Å². The molecular weight excluding hydrogens is 252 g/mol. The Bertz CT molecular complexity index is 411. The Kier molecular flexibility index (Phi) is 6.02. The summed E-state index contributed by atoms with van der Waals surface area (Å²) in [4.78, 5) is 11.8. The van der Waals surface area contributed by atoms with Crippen molar-refractivity contribution < 1.29 is 9.53 Å². The van der Waals surface area contributed by atoms with Crippen LogP contribution in [-0.4, -0.2) is 39.3 Å². The van der Waals surface area contributed by atoms with Crippen molar-refractivity contribution in [3.63, 3.8) is 0 Å². The van der Waals surface area contributed by atoms with E-state index in [1.54, 1.807) is 7.11 Å². The molecule has 110 valence electrons. The Morgan fingerprint density at radius 1 is 1.30 bits per heavy atom. The lowest BCUT2D eigenvalue weighted by Gasteiger charge is -2.22. The van der Waals surface area contributed by atoms with E-state index >= 15 is 0 Å². The van der Waals surface area contributed by atoms with E-state index in [-0.39, 0.29) is 5.91 Å².